The molecule has 0 radical (unpaired) electrons. The van der Waals surface area contributed by atoms with Crippen molar-refractivity contribution in [1.29, 1.82) is 0 Å². The number of H-pyrrole nitrogens is 1. The summed E-state index contributed by atoms with van der Waals surface area (Å²) in [5.41, 5.74) is 1.08. The van der Waals surface area contributed by atoms with Crippen LogP contribution in [0.25, 0.3) is 11.3 Å². The number of non-ortho nitro benzene ring substituents is 1. The zero-order valence-corrected chi connectivity index (χ0v) is 13.3. The Hall–Kier alpha value is -3.16. The Bertz CT molecular complexity index is 782. The van der Waals surface area contributed by atoms with E-state index in [9.17, 15) is 19.7 Å². The summed E-state index contributed by atoms with van der Waals surface area (Å²) in [6.45, 7) is 3.55. The lowest BCUT2D eigenvalue weighted by Gasteiger charge is -2.04. The Kier molecular flexibility index (Phi) is 5.31. The van der Waals surface area contributed by atoms with Crippen LogP contribution in [0.1, 0.15) is 30.6 Å². The van der Waals surface area contributed by atoms with E-state index in [4.69, 9.17) is 4.74 Å². The number of ether oxygens (including phenoxy) is 1. The van der Waals surface area contributed by atoms with Crippen molar-refractivity contribution in [3.8, 4) is 11.3 Å². The first-order valence-corrected chi connectivity index (χ1v) is 7.41. The van der Waals surface area contributed by atoms with E-state index in [0.717, 1.165) is 0 Å². The number of hydrogen-bond acceptors (Lipinski definition) is 5. The molecule has 0 aliphatic rings. The number of carbonyl (C=O) groups excluding carboxylic acids is 2. The van der Waals surface area contributed by atoms with Gasteiger partial charge in [-0.1, -0.05) is 19.1 Å². The van der Waals surface area contributed by atoms with Gasteiger partial charge >= 0.3 is 5.97 Å². The highest BCUT2D eigenvalue weighted by molar-refractivity contribution is 6.01. The van der Waals surface area contributed by atoms with Crippen molar-refractivity contribution >= 4 is 23.4 Å². The Morgan fingerprint density at radius 2 is 2.04 bits per heavy atom. The van der Waals surface area contributed by atoms with Gasteiger partial charge in [0.05, 0.1) is 11.5 Å². The third-order valence-electron chi connectivity index (χ3n) is 3.27. The minimum atomic E-state index is -0.586. The summed E-state index contributed by atoms with van der Waals surface area (Å²) >= 11 is 0. The van der Waals surface area contributed by atoms with Gasteiger partial charge in [-0.2, -0.15) is 0 Å². The SMILES string of the molecule is CCOC(=O)c1cc(-c2cccc([N+](=O)[O-])c2)[nH]c1NC(=O)CC. The number of amides is 1. The maximum Gasteiger partial charge on any atom is 0.341 e. The summed E-state index contributed by atoms with van der Waals surface area (Å²) in [7, 11) is 0. The van der Waals surface area contributed by atoms with Crippen LogP contribution < -0.4 is 5.32 Å². The van der Waals surface area contributed by atoms with Crippen molar-refractivity contribution in [2.45, 2.75) is 20.3 Å². The number of aromatic nitrogens is 1. The molecule has 0 aliphatic heterocycles. The molecule has 8 nitrogen and oxygen atoms in total. The van der Waals surface area contributed by atoms with Gasteiger partial charge in [0.2, 0.25) is 5.91 Å². The minimum absolute atomic E-state index is 0.0704. The van der Waals surface area contributed by atoms with Crippen LogP contribution in [0.3, 0.4) is 0 Å². The Morgan fingerprint density at radius 3 is 2.67 bits per heavy atom. The van der Waals surface area contributed by atoms with Crippen LogP contribution in [-0.4, -0.2) is 28.4 Å². The molecule has 0 unspecified atom stereocenters. The molecule has 2 aromatic rings. The van der Waals surface area contributed by atoms with E-state index in [1.807, 2.05) is 0 Å². The van der Waals surface area contributed by atoms with Crippen molar-refractivity contribution in [2.24, 2.45) is 0 Å². The van der Waals surface area contributed by atoms with Crippen LogP contribution in [0.5, 0.6) is 0 Å². The van der Waals surface area contributed by atoms with Gasteiger partial charge in [0, 0.05) is 29.8 Å². The maximum atomic E-state index is 12.1. The molecule has 8 heteroatoms. The number of benzene rings is 1. The molecule has 0 saturated carbocycles. The van der Waals surface area contributed by atoms with E-state index in [1.54, 1.807) is 26.0 Å². The van der Waals surface area contributed by atoms with Gasteiger partial charge in [-0.15, -0.1) is 0 Å². The molecule has 1 amide bonds. The molecule has 1 heterocycles. The summed E-state index contributed by atoms with van der Waals surface area (Å²) in [4.78, 5) is 37.0. The molecule has 2 N–H and O–H groups in total. The fraction of sp³-hybridized carbons (Fsp3) is 0.250. The lowest BCUT2D eigenvalue weighted by Crippen LogP contribution is -2.14. The average Bonchev–Trinajstić information content (AvgIpc) is 2.99. The number of aromatic amines is 1. The van der Waals surface area contributed by atoms with Crippen molar-refractivity contribution in [3.63, 3.8) is 0 Å². The lowest BCUT2D eigenvalue weighted by atomic mass is 10.1. The third-order valence-corrected chi connectivity index (χ3v) is 3.27. The predicted octanol–water partition coefficient (Wildman–Crippen LogP) is 3.12. The smallest absolute Gasteiger partial charge is 0.341 e. The number of hydrogen-bond donors (Lipinski definition) is 2. The predicted molar refractivity (Wildman–Crippen MR) is 87.8 cm³/mol. The Balaban J connectivity index is 2.46. The highest BCUT2D eigenvalue weighted by Gasteiger charge is 2.19. The van der Waals surface area contributed by atoms with Gasteiger partial charge in [0.1, 0.15) is 11.4 Å². The van der Waals surface area contributed by atoms with Crippen LogP contribution in [0, 0.1) is 10.1 Å². The van der Waals surface area contributed by atoms with Crippen molar-refractivity contribution in [2.75, 3.05) is 11.9 Å². The fourth-order valence-electron chi connectivity index (χ4n) is 2.09. The summed E-state index contributed by atoms with van der Waals surface area (Å²) < 4.78 is 4.98. The lowest BCUT2D eigenvalue weighted by molar-refractivity contribution is -0.384. The van der Waals surface area contributed by atoms with Crippen molar-refractivity contribution < 1.29 is 19.2 Å². The molecule has 1 aromatic carbocycles. The van der Waals surface area contributed by atoms with E-state index in [-0.39, 0.29) is 36.0 Å². The number of rotatable bonds is 6. The molecule has 0 saturated heterocycles. The normalized spacial score (nSPS) is 10.2. The van der Waals surface area contributed by atoms with E-state index >= 15 is 0 Å². The number of nitro groups is 1. The van der Waals surface area contributed by atoms with E-state index in [1.165, 1.54) is 18.2 Å². The zero-order valence-electron chi connectivity index (χ0n) is 13.3. The molecule has 126 valence electrons. The number of nitrogens with one attached hydrogen (secondary N) is 2. The Morgan fingerprint density at radius 1 is 1.29 bits per heavy atom. The van der Waals surface area contributed by atoms with Gasteiger partial charge in [0.25, 0.3) is 5.69 Å². The molecule has 0 spiro atoms. The summed E-state index contributed by atoms with van der Waals surface area (Å²) in [6.07, 6.45) is 0.243. The van der Waals surface area contributed by atoms with Gasteiger partial charge in [-0.25, -0.2) is 4.79 Å². The number of nitro benzene ring substituents is 1. The first kappa shape index (κ1) is 17.2. The molecule has 0 bridgehead atoms. The highest BCUT2D eigenvalue weighted by atomic mass is 16.6. The second-order valence-corrected chi connectivity index (χ2v) is 4.90. The van der Waals surface area contributed by atoms with Crippen molar-refractivity contribution in [1.82, 2.24) is 4.98 Å². The average molecular weight is 331 g/mol. The number of esters is 1. The molecular formula is C16H17N3O5. The molecular weight excluding hydrogens is 314 g/mol. The quantitative estimate of drug-likeness (QED) is 0.479. The van der Waals surface area contributed by atoms with Crippen LogP contribution in [-0.2, 0) is 9.53 Å². The monoisotopic (exact) mass is 331 g/mol. The van der Waals surface area contributed by atoms with E-state index in [0.29, 0.717) is 11.3 Å². The first-order chi connectivity index (χ1) is 11.5. The number of nitrogens with zero attached hydrogens (tertiary/aromatic N) is 1. The first-order valence-electron chi connectivity index (χ1n) is 7.41. The van der Waals surface area contributed by atoms with Crippen LogP contribution in [0.15, 0.2) is 30.3 Å². The summed E-state index contributed by atoms with van der Waals surface area (Å²) in [5, 5.41) is 13.5. The van der Waals surface area contributed by atoms with Crippen LogP contribution in [0.2, 0.25) is 0 Å². The van der Waals surface area contributed by atoms with E-state index < -0.39 is 10.9 Å². The second-order valence-electron chi connectivity index (χ2n) is 4.90. The third kappa shape index (κ3) is 3.78. The zero-order chi connectivity index (χ0) is 17.7. The molecule has 24 heavy (non-hydrogen) atoms. The topological polar surface area (TPSA) is 114 Å². The largest absolute Gasteiger partial charge is 0.462 e. The van der Waals surface area contributed by atoms with Gasteiger partial charge in [0.15, 0.2) is 0 Å². The second kappa shape index (κ2) is 7.40. The molecule has 0 atom stereocenters. The van der Waals surface area contributed by atoms with Crippen molar-refractivity contribution in [3.05, 3.63) is 46.0 Å². The summed E-state index contributed by atoms with van der Waals surface area (Å²) in [5.74, 6) is -0.647. The van der Waals surface area contributed by atoms with Crippen LogP contribution >= 0.6 is 0 Å². The van der Waals surface area contributed by atoms with Gasteiger partial charge in [-0.3, -0.25) is 14.9 Å². The molecule has 0 fully saturated rings. The molecule has 2 rings (SSSR count). The van der Waals surface area contributed by atoms with Gasteiger partial charge in [-0.05, 0) is 13.0 Å². The highest BCUT2D eigenvalue weighted by Crippen LogP contribution is 2.28. The molecule has 0 aliphatic carbocycles. The standard InChI is InChI=1S/C16H17N3O5/c1-3-14(20)18-15-12(16(21)24-4-2)9-13(17-15)10-6-5-7-11(8-10)19(22)23/h5-9,17H,3-4H2,1-2H3,(H,18,20). The number of carbonyl (C=O) groups is 2. The van der Waals surface area contributed by atoms with Gasteiger partial charge < -0.3 is 15.0 Å². The molecule has 1 aromatic heterocycles. The summed E-state index contributed by atoms with van der Waals surface area (Å²) in [6, 6.07) is 7.47. The minimum Gasteiger partial charge on any atom is -0.462 e. The van der Waals surface area contributed by atoms with Crippen LogP contribution in [0.4, 0.5) is 11.5 Å². The Labute approximate surface area is 138 Å². The van der Waals surface area contributed by atoms with E-state index in [2.05, 4.69) is 10.3 Å². The number of anilines is 1. The maximum absolute atomic E-state index is 12.1. The fourth-order valence-corrected chi connectivity index (χ4v) is 2.09.